The highest BCUT2D eigenvalue weighted by Crippen LogP contribution is 2.24. The SMILES string of the molecule is CS(=O)(=O)c1ccccc1NC1CCN(Cc2ccc(Br)cc2)CC1. The van der Waals surface area contributed by atoms with Gasteiger partial charge in [0.2, 0.25) is 0 Å². The summed E-state index contributed by atoms with van der Waals surface area (Å²) < 4.78 is 24.9. The Balaban J connectivity index is 1.57. The van der Waals surface area contributed by atoms with Crippen LogP contribution in [0.1, 0.15) is 18.4 Å². The summed E-state index contributed by atoms with van der Waals surface area (Å²) in [7, 11) is -3.22. The van der Waals surface area contributed by atoms with Crippen molar-refractivity contribution in [2.45, 2.75) is 30.3 Å². The summed E-state index contributed by atoms with van der Waals surface area (Å²) in [5.74, 6) is 0. The van der Waals surface area contributed by atoms with Crippen molar-refractivity contribution in [1.82, 2.24) is 4.90 Å². The average molecular weight is 423 g/mol. The second-order valence-corrected chi connectivity index (χ2v) is 9.49. The number of para-hydroxylation sites is 1. The van der Waals surface area contributed by atoms with Crippen molar-refractivity contribution >= 4 is 31.5 Å². The summed E-state index contributed by atoms with van der Waals surface area (Å²) in [4.78, 5) is 2.83. The van der Waals surface area contributed by atoms with E-state index in [1.165, 1.54) is 11.8 Å². The number of halogens is 1. The van der Waals surface area contributed by atoms with Crippen LogP contribution in [-0.4, -0.2) is 38.7 Å². The number of benzene rings is 2. The van der Waals surface area contributed by atoms with Gasteiger partial charge in [0.25, 0.3) is 0 Å². The maximum Gasteiger partial charge on any atom is 0.177 e. The van der Waals surface area contributed by atoms with Crippen molar-refractivity contribution in [1.29, 1.82) is 0 Å². The predicted molar refractivity (Wildman–Crippen MR) is 106 cm³/mol. The third-order valence-electron chi connectivity index (χ3n) is 4.55. The van der Waals surface area contributed by atoms with E-state index in [9.17, 15) is 8.42 Å². The van der Waals surface area contributed by atoms with Gasteiger partial charge in [0.05, 0.1) is 10.6 Å². The average Bonchev–Trinajstić information content (AvgIpc) is 2.58. The van der Waals surface area contributed by atoms with Crippen LogP contribution >= 0.6 is 15.9 Å². The van der Waals surface area contributed by atoms with Crippen molar-refractivity contribution < 1.29 is 8.42 Å². The van der Waals surface area contributed by atoms with Gasteiger partial charge in [-0.2, -0.15) is 0 Å². The van der Waals surface area contributed by atoms with Crippen LogP contribution in [0.4, 0.5) is 5.69 Å². The molecule has 4 nitrogen and oxygen atoms in total. The molecule has 0 aliphatic carbocycles. The summed E-state index contributed by atoms with van der Waals surface area (Å²) in [6.45, 7) is 2.98. The molecule has 0 spiro atoms. The standard InChI is InChI=1S/C19H23BrN2O2S/c1-25(23,24)19-5-3-2-4-18(19)21-17-10-12-22(13-11-17)14-15-6-8-16(20)9-7-15/h2-9,17,21H,10-14H2,1H3. The summed E-state index contributed by atoms with van der Waals surface area (Å²) in [5.41, 5.74) is 2.04. The van der Waals surface area contributed by atoms with Gasteiger partial charge in [-0.3, -0.25) is 4.90 Å². The number of nitrogens with zero attached hydrogens (tertiary/aromatic N) is 1. The molecule has 1 N–H and O–H groups in total. The molecule has 1 aliphatic rings. The highest BCUT2D eigenvalue weighted by atomic mass is 79.9. The minimum Gasteiger partial charge on any atom is -0.381 e. The summed E-state index contributed by atoms with van der Waals surface area (Å²) in [5, 5.41) is 3.44. The fraction of sp³-hybridized carbons (Fsp3) is 0.368. The normalized spacial score (nSPS) is 16.7. The maximum absolute atomic E-state index is 11.9. The molecular weight excluding hydrogens is 400 g/mol. The molecule has 2 aromatic rings. The second-order valence-electron chi connectivity index (χ2n) is 6.59. The minimum absolute atomic E-state index is 0.309. The molecule has 0 unspecified atom stereocenters. The zero-order valence-electron chi connectivity index (χ0n) is 14.3. The van der Waals surface area contributed by atoms with E-state index >= 15 is 0 Å². The molecule has 2 aromatic carbocycles. The molecule has 0 atom stereocenters. The first-order valence-electron chi connectivity index (χ1n) is 8.44. The van der Waals surface area contributed by atoms with Gasteiger partial charge < -0.3 is 5.32 Å². The number of hydrogen-bond donors (Lipinski definition) is 1. The molecule has 25 heavy (non-hydrogen) atoms. The second kappa shape index (κ2) is 7.89. The summed E-state index contributed by atoms with van der Waals surface area (Å²) in [6.07, 6.45) is 3.28. The van der Waals surface area contributed by atoms with E-state index in [-0.39, 0.29) is 0 Å². The fourth-order valence-electron chi connectivity index (χ4n) is 3.21. The molecule has 0 saturated carbocycles. The molecule has 0 bridgehead atoms. The van der Waals surface area contributed by atoms with E-state index in [0.29, 0.717) is 10.9 Å². The number of anilines is 1. The lowest BCUT2D eigenvalue weighted by atomic mass is 10.0. The van der Waals surface area contributed by atoms with Crippen molar-refractivity contribution in [3.05, 3.63) is 58.6 Å². The van der Waals surface area contributed by atoms with Gasteiger partial charge in [0.1, 0.15) is 0 Å². The van der Waals surface area contributed by atoms with Gasteiger partial charge >= 0.3 is 0 Å². The quantitative estimate of drug-likeness (QED) is 0.792. The molecule has 6 heteroatoms. The minimum atomic E-state index is -3.22. The Morgan fingerprint density at radius 1 is 1.08 bits per heavy atom. The Bertz CT molecular complexity index is 814. The summed E-state index contributed by atoms with van der Waals surface area (Å²) in [6, 6.07) is 15.9. The van der Waals surface area contributed by atoms with Crippen LogP contribution in [0.25, 0.3) is 0 Å². The van der Waals surface area contributed by atoms with Crippen molar-refractivity contribution in [2.75, 3.05) is 24.7 Å². The molecule has 134 valence electrons. The fourth-order valence-corrected chi connectivity index (χ4v) is 4.33. The highest BCUT2D eigenvalue weighted by Gasteiger charge is 2.21. The van der Waals surface area contributed by atoms with E-state index in [1.807, 2.05) is 12.1 Å². The Hall–Kier alpha value is -1.37. The molecule has 1 aliphatic heterocycles. The first-order valence-corrected chi connectivity index (χ1v) is 11.1. The lowest BCUT2D eigenvalue weighted by Crippen LogP contribution is -2.38. The van der Waals surface area contributed by atoms with Crippen LogP contribution in [0, 0.1) is 0 Å². The first-order chi connectivity index (χ1) is 11.9. The van der Waals surface area contributed by atoms with Crippen molar-refractivity contribution in [3.63, 3.8) is 0 Å². The zero-order chi connectivity index (χ0) is 17.9. The van der Waals surface area contributed by atoms with Crippen LogP contribution in [0.5, 0.6) is 0 Å². The smallest absolute Gasteiger partial charge is 0.177 e. The molecular formula is C19H23BrN2O2S. The zero-order valence-corrected chi connectivity index (χ0v) is 16.7. The lowest BCUT2D eigenvalue weighted by Gasteiger charge is -2.33. The molecule has 1 fully saturated rings. The Morgan fingerprint density at radius 2 is 1.72 bits per heavy atom. The Labute approximate surface area is 158 Å². The maximum atomic E-state index is 11.9. The van der Waals surface area contributed by atoms with E-state index in [1.54, 1.807) is 12.1 Å². The monoisotopic (exact) mass is 422 g/mol. The van der Waals surface area contributed by atoms with E-state index < -0.39 is 9.84 Å². The van der Waals surface area contributed by atoms with Crippen LogP contribution in [-0.2, 0) is 16.4 Å². The highest BCUT2D eigenvalue weighted by molar-refractivity contribution is 9.10. The van der Waals surface area contributed by atoms with Crippen LogP contribution in [0.15, 0.2) is 57.9 Å². The van der Waals surface area contributed by atoms with Crippen LogP contribution in [0.3, 0.4) is 0 Å². The van der Waals surface area contributed by atoms with Gasteiger partial charge in [-0.05, 0) is 42.7 Å². The van der Waals surface area contributed by atoms with Crippen LogP contribution < -0.4 is 5.32 Å². The first kappa shape index (κ1) is 18.4. The number of likely N-dealkylation sites (tertiary alicyclic amines) is 1. The third-order valence-corrected chi connectivity index (χ3v) is 6.24. The Morgan fingerprint density at radius 3 is 2.36 bits per heavy atom. The van der Waals surface area contributed by atoms with Crippen LogP contribution in [0.2, 0.25) is 0 Å². The molecule has 1 heterocycles. The summed E-state index contributed by atoms with van der Waals surface area (Å²) >= 11 is 3.47. The van der Waals surface area contributed by atoms with Gasteiger partial charge in [-0.15, -0.1) is 0 Å². The lowest BCUT2D eigenvalue weighted by molar-refractivity contribution is 0.211. The molecule has 0 amide bonds. The largest absolute Gasteiger partial charge is 0.381 e. The molecule has 0 aromatic heterocycles. The Kier molecular flexibility index (Phi) is 5.81. The van der Waals surface area contributed by atoms with E-state index in [0.717, 1.165) is 42.6 Å². The number of rotatable bonds is 5. The van der Waals surface area contributed by atoms with Gasteiger partial charge in [0.15, 0.2) is 9.84 Å². The van der Waals surface area contributed by atoms with Gasteiger partial charge in [-0.1, -0.05) is 40.2 Å². The number of nitrogens with one attached hydrogen (secondary N) is 1. The van der Waals surface area contributed by atoms with E-state index in [4.69, 9.17) is 0 Å². The van der Waals surface area contributed by atoms with Gasteiger partial charge in [-0.25, -0.2) is 8.42 Å². The van der Waals surface area contributed by atoms with Crippen molar-refractivity contribution in [2.24, 2.45) is 0 Å². The number of piperidine rings is 1. The number of sulfone groups is 1. The number of hydrogen-bond acceptors (Lipinski definition) is 4. The molecule has 1 saturated heterocycles. The van der Waals surface area contributed by atoms with Gasteiger partial charge in [0, 0.05) is 36.4 Å². The van der Waals surface area contributed by atoms with E-state index in [2.05, 4.69) is 50.4 Å². The third kappa shape index (κ3) is 5.06. The molecule has 3 rings (SSSR count). The topological polar surface area (TPSA) is 49.4 Å². The predicted octanol–water partition coefficient (Wildman–Crippen LogP) is 3.93. The molecule has 0 radical (unpaired) electrons. The van der Waals surface area contributed by atoms with Crippen molar-refractivity contribution in [3.8, 4) is 0 Å².